The van der Waals surface area contributed by atoms with Crippen LogP contribution in [0.5, 0.6) is 0 Å². The van der Waals surface area contributed by atoms with E-state index in [0.29, 0.717) is 27.7 Å². The molecule has 0 atom stereocenters. The number of nitrogens with zero attached hydrogens (tertiary/aromatic N) is 3. The van der Waals surface area contributed by atoms with E-state index in [9.17, 15) is 20.1 Å². The fourth-order valence-electron chi connectivity index (χ4n) is 2.93. The van der Waals surface area contributed by atoms with Crippen LogP contribution in [0.2, 0.25) is 0 Å². The minimum atomic E-state index is -0.572. The average Bonchev–Trinajstić information content (AvgIpc) is 2.94. The molecule has 0 aliphatic rings. The summed E-state index contributed by atoms with van der Waals surface area (Å²) in [6.45, 7) is 2.66. The van der Waals surface area contributed by atoms with Gasteiger partial charge in [0.25, 0.3) is 0 Å². The third-order valence-corrected chi connectivity index (χ3v) is 3.92. The van der Waals surface area contributed by atoms with Gasteiger partial charge in [0.1, 0.15) is 12.1 Å². The van der Waals surface area contributed by atoms with E-state index >= 15 is 0 Å². The predicted molar refractivity (Wildman–Crippen MR) is 94.1 cm³/mol. The molecule has 6 heteroatoms. The summed E-state index contributed by atoms with van der Waals surface area (Å²) in [7, 11) is 0. The molecule has 0 bridgehead atoms. The van der Waals surface area contributed by atoms with Crippen LogP contribution in [0.25, 0.3) is 22.2 Å². The van der Waals surface area contributed by atoms with Crippen LogP contribution in [0.1, 0.15) is 35.3 Å². The van der Waals surface area contributed by atoms with Crippen LogP contribution in [-0.4, -0.2) is 16.5 Å². The number of Topliss-reactive ketones (excluding diaryl/α,β-unsaturated/α-hetero) is 1. The highest BCUT2D eigenvalue weighted by Gasteiger charge is 2.25. The maximum atomic E-state index is 12.4. The van der Waals surface area contributed by atoms with Crippen molar-refractivity contribution in [2.45, 2.75) is 13.8 Å². The lowest BCUT2D eigenvalue weighted by atomic mass is 10.00. The fourth-order valence-corrected chi connectivity index (χ4v) is 2.93. The van der Waals surface area contributed by atoms with Crippen molar-refractivity contribution in [1.82, 2.24) is 4.73 Å². The van der Waals surface area contributed by atoms with Gasteiger partial charge in [-0.3, -0.25) is 4.79 Å². The number of rotatable bonds is 3. The summed E-state index contributed by atoms with van der Waals surface area (Å²) >= 11 is 0. The van der Waals surface area contributed by atoms with Gasteiger partial charge in [-0.05, 0) is 19.1 Å². The summed E-state index contributed by atoms with van der Waals surface area (Å²) in [6, 6.07) is 15.9. The Morgan fingerprint density at radius 1 is 1.00 bits per heavy atom. The zero-order valence-electron chi connectivity index (χ0n) is 14.1. The van der Waals surface area contributed by atoms with E-state index in [2.05, 4.69) is 0 Å². The van der Waals surface area contributed by atoms with Crippen LogP contribution in [0.4, 0.5) is 0 Å². The summed E-state index contributed by atoms with van der Waals surface area (Å²) in [5.41, 5.74) is 2.07. The fraction of sp³-hybridized carbons (Fsp3) is 0.100. The molecule has 26 heavy (non-hydrogen) atoms. The van der Waals surface area contributed by atoms with Crippen molar-refractivity contribution in [2.75, 3.05) is 0 Å². The SMILES string of the molecule is CC(=O)On1c(-c2ccccc2)c(C(C)=O)c2cc(C#N)c(C#N)cc21. The molecule has 0 radical (unpaired) electrons. The van der Waals surface area contributed by atoms with Crippen molar-refractivity contribution >= 4 is 22.7 Å². The first-order valence-corrected chi connectivity index (χ1v) is 7.75. The van der Waals surface area contributed by atoms with Crippen LogP contribution in [-0.2, 0) is 4.79 Å². The summed E-state index contributed by atoms with van der Waals surface area (Å²) in [4.78, 5) is 29.4. The van der Waals surface area contributed by atoms with E-state index in [-0.39, 0.29) is 16.9 Å². The Morgan fingerprint density at radius 2 is 1.62 bits per heavy atom. The van der Waals surface area contributed by atoms with E-state index in [1.54, 1.807) is 24.3 Å². The highest BCUT2D eigenvalue weighted by atomic mass is 16.7. The number of benzene rings is 2. The van der Waals surface area contributed by atoms with Gasteiger partial charge in [0.15, 0.2) is 5.78 Å². The number of hydrogen-bond donors (Lipinski definition) is 0. The minimum Gasteiger partial charge on any atom is -0.336 e. The lowest BCUT2D eigenvalue weighted by Crippen LogP contribution is -2.17. The number of carbonyl (C=O) groups excluding carboxylic acids is 2. The van der Waals surface area contributed by atoms with Gasteiger partial charge in [-0.2, -0.15) is 15.3 Å². The molecule has 2 aromatic carbocycles. The van der Waals surface area contributed by atoms with Crippen molar-refractivity contribution in [1.29, 1.82) is 10.5 Å². The quantitative estimate of drug-likeness (QED) is 0.680. The lowest BCUT2D eigenvalue weighted by Gasteiger charge is -2.10. The molecular formula is C20H13N3O3. The van der Waals surface area contributed by atoms with E-state index in [0.717, 1.165) is 0 Å². The molecule has 0 aliphatic carbocycles. The third kappa shape index (κ3) is 2.70. The highest BCUT2D eigenvalue weighted by Crippen LogP contribution is 2.35. The summed E-state index contributed by atoms with van der Waals surface area (Å²) in [6.07, 6.45) is 0. The Kier molecular flexibility index (Phi) is 4.26. The molecule has 1 heterocycles. The standard InChI is InChI=1S/C20H13N3O3/c1-12(24)19-17-8-15(10-21)16(11-22)9-18(17)23(26-13(2)25)20(19)14-6-4-3-5-7-14/h3-9H,1-2H3. The van der Waals surface area contributed by atoms with Gasteiger partial charge in [0.05, 0.1) is 27.9 Å². The molecule has 126 valence electrons. The molecule has 0 aliphatic heterocycles. The second-order valence-electron chi connectivity index (χ2n) is 5.66. The smallest absolute Gasteiger partial charge is 0.329 e. The number of carbonyl (C=O) groups is 2. The lowest BCUT2D eigenvalue weighted by molar-refractivity contribution is -0.140. The first kappa shape index (κ1) is 16.9. The molecule has 0 spiro atoms. The first-order valence-electron chi connectivity index (χ1n) is 7.75. The largest absolute Gasteiger partial charge is 0.336 e. The molecule has 3 aromatic rings. The van der Waals surface area contributed by atoms with Crippen molar-refractivity contribution < 1.29 is 14.4 Å². The van der Waals surface area contributed by atoms with Gasteiger partial charge in [-0.15, -0.1) is 0 Å². The minimum absolute atomic E-state index is 0.139. The molecular weight excluding hydrogens is 330 g/mol. The van der Waals surface area contributed by atoms with E-state index in [1.165, 1.54) is 30.7 Å². The van der Waals surface area contributed by atoms with E-state index < -0.39 is 5.97 Å². The van der Waals surface area contributed by atoms with Crippen LogP contribution >= 0.6 is 0 Å². The molecule has 3 rings (SSSR count). The van der Waals surface area contributed by atoms with Crippen molar-refractivity contribution in [2.24, 2.45) is 0 Å². The zero-order valence-corrected chi connectivity index (χ0v) is 14.1. The van der Waals surface area contributed by atoms with Crippen LogP contribution in [0, 0.1) is 22.7 Å². The second-order valence-corrected chi connectivity index (χ2v) is 5.66. The molecule has 0 fully saturated rings. The summed E-state index contributed by atoms with van der Waals surface area (Å²) in [5, 5.41) is 19.0. The topological polar surface area (TPSA) is 95.9 Å². The number of ketones is 1. The number of hydrogen-bond acceptors (Lipinski definition) is 5. The molecule has 0 saturated carbocycles. The molecule has 0 saturated heterocycles. The average molecular weight is 343 g/mol. The number of aromatic nitrogens is 1. The van der Waals surface area contributed by atoms with E-state index in [4.69, 9.17) is 4.84 Å². The van der Waals surface area contributed by atoms with Gasteiger partial charge in [-0.25, -0.2) is 4.79 Å². The molecule has 0 unspecified atom stereocenters. The molecule has 1 aromatic heterocycles. The Morgan fingerprint density at radius 3 is 2.15 bits per heavy atom. The number of fused-ring (bicyclic) bond motifs is 1. The first-order chi connectivity index (χ1) is 12.5. The Balaban J connectivity index is 2.53. The van der Waals surface area contributed by atoms with Gasteiger partial charge in [-0.1, -0.05) is 30.3 Å². The summed E-state index contributed by atoms with van der Waals surface area (Å²) < 4.78 is 1.26. The summed E-state index contributed by atoms with van der Waals surface area (Å²) in [5.74, 6) is -0.814. The van der Waals surface area contributed by atoms with Gasteiger partial charge in [0.2, 0.25) is 0 Å². The van der Waals surface area contributed by atoms with Crippen molar-refractivity contribution in [3.05, 3.63) is 59.2 Å². The van der Waals surface area contributed by atoms with Gasteiger partial charge < -0.3 is 4.84 Å². The molecule has 0 N–H and O–H groups in total. The Bertz CT molecular complexity index is 1130. The second kappa shape index (κ2) is 6.54. The van der Waals surface area contributed by atoms with Crippen molar-refractivity contribution in [3.63, 3.8) is 0 Å². The highest BCUT2D eigenvalue weighted by molar-refractivity contribution is 6.13. The maximum Gasteiger partial charge on any atom is 0.329 e. The van der Waals surface area contributed by atoms with Crippen molar-refractivity contribution in [3.8, 4) is 23.4 Å². The van der Waals surface area contributed by atoms with Crippen LogP contribution in [0.15, 0.2) is 42.5 Å². The maximum absolute atomic E-state index is 12.4. The molecule has 6 nitrogen and oxygen atoms in total. The number of nitriles is 2. The third-order valence-electron chi connectivity index (χ3n) is 3.92. The van der Waals surface area contributed by atoms with Crippen LogP contribution in [0.3, 0.4) is 0 Å². The van der Waals surface area contributed by atoms with E-state index in [1.807, 2.05) is 18.2 Å². The predicted octanol–water partition coefficient (Wildman–Crippen LogP) is 3.23. The zero-order chi connectivity index (χ0) is 18.8. The Labute approximate surface area is 149 Å². The van der Waals surface area contributed by atoms with Gasteiger partial charge >= 0.3 is 5.97 Å². The van der Waals surface area contributed by atoms with Crippen LogP contribution < -0.4 is 4.84 Å². The molecule has 0 amide bonds. The monoisotopic (exact) mass is 343 g/mol. The van der Waals surface area contributed by atoms with Gasteiger partial charge in [0, 0.05) is 17.9 Å². The Hall–Kier alpha value is -3.90. The normalized spacial score (nSPS) is 10.2.